The predicted molar refractivity (Wildman–Crippen MR) is 91.0 cm³/mol. The van der Waals surface area contributed by atoms with Crippen molar-refractivity contribution in [1.82, 2.24) is 9.78 Å². The van der Waals surface area contributed by atoms with Crippen LogP contribution in [-0.2, 0) is 12.8 Å². The van der Waals surface area contributed by atoms with Gasteiger partial charge in [0, 0.05) is 17.3 Å². The van der Waals surface area contributed by atoms with E-state index >= 15 is 0 Å². The molecule has 114 valence electrons. The molecular formula is C19H28N2. The first-order chi connectivity index (χ1) is 9.90. The van der Waals surface area contributed by atoms with Crippen LogP contribution in [0, 0.1) is 20.8 Å². The standard InChI is InChI=1S/C19H28N2/c1-8-16-19(17(9-2)21(20-16)12(3)4)18-14(6)10-13(5)11-15(18)7/h10-12H,8-9H2,1-7H3. The minimum Gasteiger partial charge on any atom is -0.266 e. The van der Waals surface area contributed by atoms with Crippen LogP contribution in [0.2, 0.25) is 0 Å². The van der Waals surface area contributed by atoms with Gasteiger partial charge in [-0.15, -0.1) is 0 Å². The molecule has 0 aliphatic rings. The fourth-order valence-electron chi connectivity index (χ4n) is 3.40. The second-order valence-corrected chi connectivity index (χ2v) is 6.29. The normalized spacial score (nSPS) is 11.4. The van der Waals surface area contributed by atoms with Crippen LogP contribution in [0.5, 0.6) is 0 Å². The van der Waals surface area contributed by atoms with Crippen LogP contribution in [0.1, 0.15) is 61.8 Å². The first-order valence-electron chi connectivity index (χ1n) is 8.09. The molecule has 1 aromatic heterocycles. The van der Waals surface area contributed by atoms with Crippen molar-refractivity contribution in [3.05, 3.63) is 40.2 Å². The molecule has 0 fully saturated rings. The van der Waals surface area contributed by atoms with Crippen molar-refractivity contribution in [2.24, 2.45) is 0 Å². The molecule has 0 bridgehead atoms. The molecular weight excluding hydrogens is 256 g/mol. The van der Waals surface area contributed by atoms with Gasteiger partial charge in [-0.3, -0.25) is 4.68 Å². The van der Waals surface area contributed by atoms with Gasteiger partial charge in [-0.1, -0.05) is 31.5 Å². The highest BCUT2D eigenvalue weighted by Crippen LogP contribution is 2.35. The van der Waals surface area contributed by atoms with Crippen LogP contribution in [0.4, 0.5) is 0 Å². The van der Waals surface area contributed by atoms with Crippen molar-refractivity contribution in [3.8, 4) is 11.1 Å². The van der Waals surface area contributed by atoms with Crippen molar-refractivity contribution in [3.63, 3.8) is 0 Å². The summed E-state index contributed by atoms with van der Waals surface area (Å²) >= 11 is 0. The molecule has 0 radical (unpaired) electrons. The molecule has 2 rings (SSSR count). The number of nitrogens with zero attached hydrogens (tertiary/aromatic N) is 2. The zero-order valence-corrected chi connectivity index (χ0v) is 14.5. The largest absolute Gasteiger partial charge is 0.266 e. The Labute approximate surface area is 129 Å². The van der Waals surface area contributed by atoms with Crippen molar-refractivity contribution in [2.75, 3.05) is 0 Å². The Balaban J connectivity index is 2.80. The Morgan fingerprint density at radius 1 is 0.952 bits per heavy atom. The van der Waals surface area contributed by atoms with Gasteiger partial charge < -0.3 is 0 Å². The number of aryl methyl sites for hydroxylation is 4. The zero-order valence-electron chi connectivity index (χ0n) is 14.5. The Bertz CT molecular complexity index is 625. The minimum absolute atomic E-state index is 0.407. The van der Waals surface area contributed by atoms with Gasteiger partial charge in [0.1, 0.15) is 0 Å². The number of hydrogen-bond acceptors (Lipinski definition) is 1. The molecule has 2 heteroatoms. The van der Waals surface area contributed by atoms with E-state index in [1.165, 1.54) is 39.2 Å². The fraction of sp³-hybridized carbons (Fsp3) is 0.526. The lowest BCUT2D eigenvalue weighted by Crippen LogP contribution is -2.07. The van der Waals surface area contributed by atoms with Crippen molar-refractivity contribution in [1.29, 1.82) is 0 Å². The summed E-state index contributed by atoms with van der Waals surface area (Å²) in [5.74, 6) is 0. The average molecular weight is 284 g/mol. The van der Waals surface area contributed by atoms with Crippen molar-refractivity contribution in [2.45, 2.75) is 67.3 Å². The summed E-state index contributed by atoms with van der Waals surface area (Å²) in [6.45, 7) is 15.5. The van der Waals surface area contributed by atoms with Crippen LogP contribution in [0.15, 0.2) is 12.1 Å². The van der Waals surface area contributed by atoms with Crippen molar-refractivity contribution < 1.29 is 0 Å². The first kappa shape index (κ1) is 15.8. The van der Waals surface area contributed by atoms with Crippen LogP contribution in [0.25, 0.3) is 11.1 Å². The smallest absolute Gasteiger partial charge is 0.0703 e. The van der Waals surface area contributed by atoms with E-state index in [2.05, 4.69) is 65.3 Å². The summed E-state index contributed by atoms with van der Waals surface area (Å²) < 4.78 is 2.22. The second-order valence-electron chi connectivity index (χ2n) is 6.29. The quantitative estimate of drug-likeness (QED) is 0.756. The maximum absolute atomic E-state index is 4.90. The predicted octanol–water partition coefficient (Wildman–Crippen LogP) is 5.18. The molecule has 0 atom stereocenters. The lowest BCUT2D eigenvalue weighted by molar-refractivity contribution is 0.507. The van der Waals surface area contributed by atoms with Gasteiger partial charge in [0.2, 0.25) is 0 Å². The van der Waals surface area contributed by atoms with Crippen LogP contribution in [0.3, 0.4) is 0 Å². The molecule has 0 unspecified atom stereocenters. The van der Waals surface area contributed by atoms with E-state index < -0.39 is 0 Å². The monoisotopic (exact) mass is 284 g/mol. The maximum atomic E-state index is 4.90. The summed E-state index contributed by atoms with van der Waals surface area (Å²) in [4.78, 5) is 0. The highest BCUT2D eigenvalue weighted by atomic mass is 15.3. The number of benzene rings is 1. The highest BCUT2D eigenvalue weighted by Gasteiger charge is 2.21. The molecule has 2 aromatic rings. The average Bonchev–Trinajstić information content (AvgIpc) is 2.76. The summed E-state index contributed by atoms with van der Waals surface area (Å²) in [5, 5.41) is 4.90. The molecule has 0 saturated heterocycles. The van der Waals surface area contributed by atoms with Gasteiger partial charge in [-0.25, -0.2) is 0 Å². The fourth-order valence-corrected chi connectivity index (χ4v) is 3.40. The van der Waals surface area contributed by atoms with E-state index in [4.69, 9.17) is 5.10 Å². The van der Waals surface area contributed by atoms with E-state index in [1.54, 1.807) is 0 Å². The number of hydrogen-bond donors (Lipinski definition) is 0. The SMILES string of the molecule is CCc1nn(C(C)C)c(CC)c1-c1c(C)cc(C)cc1C. The third kappa shape index (κ3) is 2.76. The topological polar surface area (TPSA) is 17.8 Å². The molecule has 0 spiro atoms. The van der Waals surface area contributed by atoms with Gasteiger partial charge in [0.05, 0.1) is 5.69 Å². The number of rotatable bonds is 4. The van der Waals surface area contributed by atoms with E-state index in [0.717, 1.165) is 12.8 Å². The molecule has 1 aromatic carbocycles. The summed E-state index contributed by atoms with van der Waals surface area (Å²) in [6.07, 6.45) is 2.00. The van der Waals surface area contributed by atoms with Crippen LogP contribution in [-0.4, -0.2) is 9.78 Å². The Morgan fingerprint density at radius 3 is 1.95 bits per heavy atom. The molecule has 2 nitrogen and oxygen atoms in total. The van der Waals surface area contributed by atoms with E-state index in [-0.39, 0.29) is 0 Å². The molecule has 21 heavy (non-hydrogen) atoms. The second kappa shape index (κ2) is 6.05. The Kier molecular flexibility index (Phi) is 4.55. The van der Waals surface area contributed by atoms with E-state index in [9.17, 15) is 0 Å². The van der Waals surface area contributed by atoms with Crippen LogP contribution >= 0.6 is 0 Å². The van der Waals surface area contributed by atoms with Gasteiger partial charge in [0.15, 0.2) is 0 Å². The summed E-state index contributed by atoms with van der Waals surface area (Å²) in [7, 11) is 0. The molecule has 0 aliphatic heterocycles. The summed E-state index contributed by atoms with van der Waals surface area (Å²) in [6, 6.07) is 4.98. The Morgan fingerprint density at radius 2 is 1.52 bits per heavy atom. The first-order valence-corrected chi connectivity index (χ1v) is 8.09. The molecule has 1 heterocycles. The number of aromatic nitrogens is 2. The third-order valence-corrected chi connectivity index (χ3v) is 4.17. The molecule has 0 saturated carbocycles. The third-order valence-electron chi connectivity index (χ3n) is 4.17. The maximum Gasteiger partial charge on any atom is 0.0703 e. The molecule has 0 aliphatic carbocycles. The molecule has 0 N–H and O–H groups in total. The Hall–Kier alpha value is -1.57. The van der Waals surface area contributed by atoms with Gasteiger partial charge >= 0.3 is 0 Å². The van der Waals surface area contributed by atoms with E-state index in [0.29, 0.717) is 6.04 Å². The zero-order chi connectivity index (χ0) is 15.7. The summed E-state index contributed by atoms with van der Waals surface area (Å²) in [5.41, 5.74) is 9.43. The van der Waals surface area contributed by atoms with Crippen molar-refractivity contribution >= 4 is 0 Å². The van der Waals surface area contributed by atoms with E-state index in [1.807, 2.05) is 0 Å². The van der Waals surface area contributed by atoms with Gasteiger partial charge in [0.25, 0.3) is 0 Å². The highest BCUT2D eigenvalue weighted by molar-refractivity contribution is 5.75. The van der Waals surface area contributed by atoms with Crippen LogP contribution < -0.4 is 0 Å². The van der Waals surface area contributed by atoms with Gasteiger partial charge in [-0.05, 0) is 64.2 Å². The lowest BCUT2D eigenvalue weighted by atomic mass is 9.91. The van der Waals surface area contributed by atoms with Gasteiger partial charge in [-0.2, -0.15) is 5.10 Å². The molecule has 0 amide bonds. The lowest BCUT2D eigenvalue weighted by Gasteiger charge is -2.15. The minimum atomic E-state index is 0.407.